The average Bonchev–Trinajstić information content (AvgIpc) is 3.27. The number of halogens is 21. The maximum atomic E-state index is 15.4. The fraction of sp³-hybridized carbons (Fsp3) is 0.0541. The molecule has 26 heteroatoms. The summed E-state index contributed by atoms with van der Waals surface area (Å²) in [5.74, 6) is -70.9. The zero-order valence-electron chi connectivity index (χ0n) is 29.8. The number of rotatable bonds is 9. The Morgan fingerprint density at radius 2 is 0.762 bits per heavy atom. The Kier molecular flexibility index (Phi) is 13.9. The number of aromatic nitrogens is 2. The molecule has 0 bridgehead atoms. The van der Waals surface area contributed by atoms with Crippen molar-refractivity contribution in [2.75, 3.05) is 5.52 Å². The SMILES string of the molecule is Fc1c(F)c(F)c([B-](c2c(F)c(F)c(F)c(F)c2F)(c2c(F)c(F)c(F)c(F)c2F)c2c(F)c(F)c(F)c(F)c2F)c(F)c1F.O=C(C[n+]1ccnc(OCBr)c1)c1ccccc1. The van der Waals surface area contributed by atoms with Crippen molar-refractivity contribution in [1.29, 1.82) is 0 Å². The topological polar surface area (TPSA) is 43.1 Å². The second-order valence-electron chi connectivity index (χ2n) is 12.4. The molecule has 0 amide bonds. The summed E-state index contributed by atoms with van der Waals surface area (Å²) in [5.41, 5.74) is -13.3. The predicted octanol–water partition coefficient (Wildman–Crippen LogP) is 7.83. The number of ketones is 1. The van der Waals surface area contributed by atoms with Gasteiger partial charge in [-0.25, -0.2) is 92.8 Å². The van der Waals surface area contributed by atoms with Crippen molar-refractivity contribution in [2.45, 2.75) is 6.54 Å². The largest absolute Gasteiger partial charge is 0.462 e. The number of ether oxygens (including phenoxy) is 1. The van der Waals surface area contributed by atoms with Gasteiger partial charge in [-0.05, 0) is 15.9 Å². The minimum Gasteiger partial charge on any atom is -0.462 e. The maximum Gasteiger partial charge on any atom is 0.280 e. The van der Waals surface area contributed by atoms with Crippen molar-refractivity contribution in [3.8, 4) is 5.88 Å². The maximum absolute atomic E-state index is 15.4. The van der Waals surface area contributed by atoms with Crippen LogP contribution in [0.15, 0.2) is 48.9 Å². The number of alkyl halides is 1. The number of benzene rings is 5. The van der Waals surface area contributed by atoms with Crippen LogP contribution in [-0.4, -0.2) is 22.4 Å². The standard InChI is InChI=1S/C24BF20.C13H12BrN2O2/c26-5-1(6(27)14(35)21(42)13(5)34)25(2-7(28)15(36)22(43)16(37)8(2)29,3-9(30)17(38)23(44)18(39)10(3)31)4-11(32)19(40)24(45)20(41)12(4)33;14-10-18-13-9-16(7-6-15-13)8-12(17)11-4-2-1-3-5-11/h;1-7,9H,8,10H2/q-1;+1. The molecule has 0 N–H and O–H groups in total. The summed E-state index contributed by atoms with van der Waals surface area (Å²) in [6.07, 6.45) is -2.18. The van der Waals surface area contributed by atoms with Crippen molar-refractivity contribution >= 4 is 49.7 Å². The van der Waals surface area contributed by atoms with E-state index in [1.165, 1.54) is 0 Å². The molecule has 6 aromatic rings. The summed E-state index contributed by atoms with van der Waals surface area (Å²) >= 11 is 3.16. The third kappa shape index (κ3) is 7.92. The van der Waals surface area contributed by atoms with Crippen LogP contribution in [0, 0.1) is 116 Å². The summed E-state index contributed by atoms with van der Waals surface area (Å²) < 4.78 is 301. The highest BCUT2D eigenvalue weighted by Crippen LogP contribution is 2.30. The Morgan fingerprint density at radius 1 is 0.476 bits per heavy atom. The molecule has 1 aromatic heterocycles. The van der Waals surface area contributed by atoms with Crippen molar-refractivity contribution in [1.82, 2.24) is 4.98 Å². The van der Waals surface area contributed by atoms with Gasteiger partial charge in [0.2, 0.25) is 18.5 Å². The lowest BCUT2D eigenvalue weighted by Gasteiger charge is -2.44. The zero-order chi connectivity index (χ0) is 47.2. The molecule has 0 spiro atoms. The van der Waals surface area contributed by atoms with Crippen molar-refractivity contribution < 1.29 is 102 Å². The molecule has 0 unspecified atom stereocenters. The molecule has 6 rings (SSSR count). The Morgan fingerprint density at radius 3 is 1.05 bits per heavy atom. The minimum absolute atomic E-state index is 0.0524. The second-order valence-corrected chi connectivity index (χ2v) is 12.9. The van der Waals surface area contributed by atoms with Gasteiger partial charge in [-0.3, -0.25) is 4.79 Å². The number of nitrogens with zero attached hydrogens (tertiary/aromatic N) is 2. The van der Waals surface area contributed by atoms with E-state index in [1.807, 2.05) is 18.2 Å². The Balaban J connectivity index is 0.000000345. The first-order valence-corrected chi connectivity index (χ1v) is 17.5. The van der Waals surface area contributed by atoms with E-state index in [0.717, 1.165) is 0 Å². The van der Waals surface area contributed by atoms with Crippen LogP contribution < -0.4 is 31.2 Å². The number of carbonyl (C=O) groups is 1. The summed E-state index contributed by atoms with van der Waals surface area (Å²) in [6, 6.07) is 9.20. The number of hydrogen-bond donors (Lipinski definition) is 0. The van der Waals surface area contributed by atoms with Crippen molar-refractivity contribution in [3.63, 3.8) is 0 Å². The lowest BCUT2D eigenvalue weighted by atomic mass is 9.12. The molecule has 5 aromatic carbocycles. The van der Waals surface area contributed by atoms with E-state index >= 15 is 35.1 Å². The van der Waals surface area contributed by atoms with Gasteiger partial charge in [-0.2, -0.15) is 4.57 Å². The molecule has 4 nitrogen and oxygen atoms in total. The first-order chi connectivity index (χ1) is 29.5. The molecule has 0 radical (unpaired) electrons. The van der Waals surface area contributed by atoms with Gasteiger partial charge in [0.25, 0.3) is 5.88 Å². The van der Waals surface area contributed by atoms with Crippen LogP contribution in [0.5, 0.6) is 5.88 Å². The molecule has 1 heterocycles. The molecule has 63 heavy (non-hydrogen) atoms. The Labute approximate surface area is 345 Å². The molecule has 0 aliphatic heterocycles. The van der Waals surface area contributed by atoms with Crippen molar-refractivity contribution in [3.05, 3.63) is 171 Å². The average molecular weight is 987 g/mol. The van der Waals surface area contributed by atoms with E-state index in [1.54, 1.807) is 35.3 Å². The fourth-order valence-electron chi connectivity index (χ4n) is 6.39. The first kappa shape index (κ1) is 47.8. The second kappa shape index (κ2) is 18.3. The van der Waals surface area contributed by atoms with Gasteiger partial charge in [-0.1, -0.05) is 30.3 Å². The van der Waals surface area contributed by atoms with Crippen LogP contribution in [0.25, 0.3) is 0 Å². The van der Waals surface area contributed by atoms with Crippen LogP contribution in [0.1, 0.15) is 10.4 Å². The third-order valence-corrected chi connectivity index (χ3v) is 9.30. The number of carbonyl (C=O) groups excluding carboxylic acids is 1. The van der Waals surface area contributed by atoms with E-state index < -0.39 is 144 Å². The molecule has 0 aliphatic carbocycles. The van der Waals surface area contributed by atoms with Crippen LogP contribution in [0.3, 0.4) is 0 Å². The fourth-order valence-corrected chi connectivity index (χ4v) is 6.63. The quantitative estimate of drug-likeness (QED) is 0.0283. The lowest BCUT2D eigenvalue weighted by Crippen LogP contribution is -2.81. The Hall–Kier alpha value is -6.21. The summed E-state index contributed by atoms with van der Waals surface area (Å²) in [5, 5.41) is 0. The molecule has 0 saturated heterocycles. The van der Waals surface area contributed by atoms with E-state index in [4.69, 9.17) is 4.74 Å². The van der Waals surface area contributed by atoms with E-state index in [9.17, 15) is 57.5 Å². The monoisotopic (exact) mass is 986 g/mol. The normalized spacial score (nSPS) is 11.4. The molecule has 0 aliphatic rings. The van der Waals surface area contributed by atoms with Gasteiger partial charge in [0.15, 0.2) is 76.0 Å². The van der Waals surface area contributed by atoms with E-state index in [0.29, 0.717) is 17.0 Å². The lowest BCUT2D eigenvalue weighted by molar-refractivity contribution is -0.684. The van der Waals surface area contributed by atoms with E-state index in [2.05, 4.69) is 20.9 Å². The van der Waals surface area contributed by atoms with Crippen LogP contribution in [0.4, 0.5) is 87.8 Å². The number of Topliss-reactive ketones (excluding diaryl/α,β-unsaturated/α-hetero) is 1. The predicted molar refractivity (Wildman–Crippen MR) is 179 cm³/mol. The summed E-state index contributed by atoms with van der Waals surface area (Å²) in [4.78, 5) is 16.0. The van der Waals surface area contributed by atoms with Gasteiger partial charge in [0, 0.05) is 5.56 Å². The van der Waals surface area contributed by atoms with Crippen LogP contribution in [0.2, 0.25) is 0 Å². The van der Waals surface area contributed by atoms with Gasteiger partial charge in [0.1, 0.15) is 58.2 Å². The van der Waals surface area contributed by atoms with Gasteiger partial charge in [-0.15, -0.1) is 21.9 Å². The first-order valence-electron chi connectivity index (χ1n) is 16.3. The van der Waals surface area contributed by atoms with Crippen LogP contribution >= 0.6 is 15.9 Å². The molecule has 332 valence electrons. The number of hydrogen-bond acceptors (Lipinski definition) is 3. The van der Waals surface area contributed by atoms with E-state index in [-0.39, 0.29) is 12.3 Å². The van der Waals surface area contributed by atoms with Gasteiger partial charge in [0.05, 0.1) is 6.20 Å². The smallest absolute Gasteiger partial charge is 0.280 e. The minimum atomic E-state index is -7.22. The van der Waals surface area contributed by atoms with Gasteiger partial charge >= 0.3 is 0 Å². The molecular formula is C37H12BBrF20N2O2. The molecule has 0 atom stereocenters. The highest BCUT2D eigenvalue weighted by atomic mass is 79.9. The highest BCUT2D eigenvalue weighted by Gasteiger charge is 2.52. The molecule has 0 saturated carbocycles. The molecular weight excluding hydrogens is 975 g/mol. The highest BCUT2D eigenvalue weighted by molar-refractivity contribution is 9.09. The summed E-state index contributed by atoms with van der Waals surface area (Å²) in [7, 11) is 0. The zero-order valence-corrected chi connectivity index (χ0v) is 31.3. The molecule has 0 fully saturated rings. The Bertz CT molecular complexity index is 2440. The summed E-state index contributed by atoms with van der Waals surface area (Å²) in [6.45, 7) is 0.269. The van der Waals surface area contributed by atoms with Crippen molar-refractivity contribution in [2.24, 2.45) is 0 Å². The van der Waals surface area contributed by atoms with Crippen LogP contribution in [-0.2, 0) is 6.54 Å². The van der Waals surface area contributed by atoms with Gasteiger partial charge < -0.3 is 4.74 Å². The third-order valence-electron chi connectivity index (χ3n) is 9.07.